The molecule has 0 spiro atoms. The van der Waals surface area contributed by atoms with Crippen LogP contribution in [0.15, 0.2) is 65.5 Å². The van der Waals surface area contributed by atoms with E-state index in [9.17, 15) is 19.1 Å². The molecule has 2 aromatic heterocycles. The number of imidazole rings is 1. The standard InChI is InChI=1S/C29H26Cl2FN5O3/c1-16-5-7-20(30)19(24(16)32)15-34-28(40)33-12-11-29(9-3-2-4-10-29)27-36-25(26(31)37-27)17-6-8-21-18(13-17)22(38)14-23(39)35-21/h2-9,13-14H,10-12,15H2,1H3,(H,36,37)(H2,33,34,40)(H2,35,38,39)/t29-/m0/s1. The van der Waals surface area contributed by atoms with Crippen LogP contribution in [-0.2, 0) is 12.0 Å². The third-order valence-corrected chi connectivity index (χ3v) is 7.66. The number of amides is 2. The molecule has 1 aliphatic rings. The van der Waals surface area contributed by atoms with Gasteiger partial charge in [-0.15, -0.1) is 0 Å². The van der Waals surface area contributed by atoms with E-state index in [1.807, 2.05) is 24.3 Å². The maximum atomic E-state index is 14.4. The van der Waals surface area contributed by atoms with E-state index in [0.29, 0.717) is 58.1 Å². The van der Waals surface area contributed by atoms with Gasteiger partial charge >= 0.3 is 6.03 Å². The van der Waals surface area contributed by atoms with Crippen molar-refractivity contribution in [2.75, 3.05) is 6.54 Å². The molecule has 8 nitrogen and oxygen atoms in total. The van der Waals surface area contributed by atoms with Crippen molar-refractivity contribution in [2.24, 2.45) is 0 Å². The Labute approximate surface area is 238 Å². The van der Waals surface area contributed by atoms with Crippen LogP contribution in [0.2, 0.25) is 10.2 Å². The number of pyridine rings is 1. The topological polar surface area (TPSA) is 123 Å². The molecule has 0 bridgehead atoms. The molecule has 206 valence electrons. The summed E-state index contributed by atoms with van der Waals surface area (Å²) in [7, 11) is 0. The SMILES string of the molecule is Cc1ccc(Cl)c(CNC(=O)NCC[C@]2(c3nc(-c4ccc5[nH]c(=O)cc(O)c5c4)c(Cl)[nH]3)C=CC=CC2)c1F. The molecule has 0 fully saturated rings. The highest BCUT2D eigenvalue weighted by Gasteiger charge is 2.33. The summed E-state index contributed by atoms with van der Waals surface area (Å²) in [5, 5.41) is 16.8. The van der Waals surface area contributed by atoms with Crippen molar-refractivity contribution in [1.82, 2.24) is 25.6 Å². The van der Waals surface area contributed by atoms with Crippen LogP contribution in [0.3, 0.4) is 0 Å². The Morgan fingerprint density at radius 1 is 1.15 bits per heavy atom. The molecule has 0 saturated carbocycles. The van der Waals surface area contributed by atoms with Crippen LogP contribution in [-0.4, -0.2) is 32.6 Å². The van der Waals surface area contributed by atoms with Gasteiger partial charge < -0.3 is 25.7 Å². The molecule has 0 unspecified atom stereocenters. The monoisotopic (exact) mass is 581 g/mol. The summed E-state index contributed by atoms with van der Waals surface area (Å²) in [6.07, 6.45) is 9.03. The van der Waals surface area contributed by atoms with Gasteiger partial charge in [0.2, 0.25) is 0 Å². The van der Waals surface area contributed by atoms with Crippen LogP contribution in [0.5, 0.6) is 5.75 Å². The van der Waals surface area contributed by atoms with Crippen LogP contribution >= 0.6 is 23.2 Å². The van der Waals surface area contributed by atoms with Crippen LogP contribution in [0.1, 0.15) is 29.8 Å². The van der Waals surface area contributed by atoms with Crippen LogP contribution in [0, 0.1) is 12.7 Å². The van der Waals surface area contributed by atoms with Gasteiger partial charge in [0, 0.05) is 40.7 Å². The van der Waals surface area contributed by atoms with Gasteiger partial charge in [-0.3, -0.25) is 4.79 Å². The smallest absolute Gasteiger partial charge is 0.315 e. The molecule has 1 aliphatic carbocycles. The van der Waals surface area contributed by atoms with E-state index < -0.39 is 22.8 Å². The van der Waals surface area contributed by atoms with Crippen molar-refractivity contribution < 1.29 is 14.3 Å². The number of urea groups is 1. The summed E-state index contributed by atoms with van der Waals surface area (Å²) in [5.74, 6) is 0.0436. The second-order valence-electron chi connectivity index (χ2n) is 9.69. The number of hydrogen-bond donors (Lipinski definition) is 5. The summed E-state index contributed by atoms with van der Waals surface area (Å²) in [6.45, 7) is 1.90. The summed E-state index contributed by atoms with van der Waals surface area (Å²) in [6, 6.07) is 9.03. The van der Waals surface area contributed by atoms with Crippen LogP contribution in [0.25, 0.3) is 22.2 Å². The third kappa shape index (κ3) is 5.48. The first-order valence-corrected chi connectivity index (χ1v) is 13.3. The first kappa shape index (κ1) is 27.5. The zero-order valence-corrected chi connectivity index (χ0v) is 23.0. The molecule has 1 atom stereocenters. The number of nitrogens with zero attached hydrogens (tertiary/aromatic N) is 1. The molecule has 5 N–H and O–H groups in total. The van der Waals surface area contributed by atoms with Crippen LogP contribution in [0.4, 0.5) is 9.18 Å². The van der Waals surface area contributed by atoms with E-state index in [2.05, 4.69) is 20.6 Å². The Bertz CT molecular complexity index is 1730. The number of halogens is 3. The molecular formula is C29H26Cl2FN5O3. The van der Waals surface area contributed by atoms with Gasteiger partial charge in [0.25, 0.3) is 5.56 Å². The quantitative estimate of drug-likeness (QED) is 0.183. The van der Waals surface area contributed by atoms with Gasteiger partial charge in [0.15, 0.2) is 0 Å². The van der Waals surface area contributed by atoms with Crippen molar-refractivity contribution in [1.29, 1.82) is 0 Å². The highest BCUT2D eigenvalue weighted by molar-refractivity contribution is 6.32. The number of hydrogen-bond acceptors (Lipinski definition) is 4. The van der Waals surface area contributed by atoms with Gasteiger partial charge in [-0.25, -0.2) is 14.2 Å². The van der Waals surface area contributed by atoms with Crippen molar-refractivity contribution >= 4 is 40.1 Å². The molecule has 4 aromatic rings. The first-order valence-electron chi connectivity index (χ1n) is 12.6. The highest BCUT2D eigenvalue weighted by Crippen LogP contribution is 2.38. The lowest BCUT2D eigenvalue weighted by atomic mass is 9.78. The summed E-state index contributed by atoms with van der Waals surface area (Å²) in [5.41, 5.74) is 1.37. The van der Waals surface area contributed by atoms with Gasteiger partial charge in [0.05, 0.1) is 10.9 Å². The summed E-state index contributed by atoms with van der Waals surface area (Å²) in [4.78, 5) is 34.9. The fraction of sp³-hybridized carbons (Fsp3) is 0.207. The lowest BCUT2D eigenvalue weighted by Crippen LogP contribution is -2.39. The van der Waals surface area contributed by atoms with Crippen molar-refractivity contribution in [3.05, 3.63) is 104 Å². The fourth-order valence-electron chi connectivity index (χ4n) is 4.81. The van der Waals surface area contributed by atoms with E-state index >= 15 is 0 Å². The molecule has 40 heavy (non-hydrogen) atoms. The maximum Gasteiger partial charge on any atom is 0.315 e. The minimum atomic E-state index is -0.569. The Balaban J connectivity index is 1.32. The number of aryl methyl sites for hydroxylation is 1. The minimum absolute atomic E-state index is 0.0433. The zero-order chi connectivity index (χ0) is 28.4. The lowest BCUT2D eigenvalue weighted by molar-refractivity contribution is 0.239. The number of H-pyrrole nitrogens is 2. The van der Waals surface area contributed by atoms with Crippen molar-refractivity contribution in [2.45, 2.75) is 31.7 Å². The minimum Gasteiger partial charge on any atom is -0.507 e. The lowest BCUT2D eigenvalue weighted by Gasteiger charge is -2.29. The second kappa shape index (κ2) is 11.2. The molecule has 2 heterocycles. The average molecular weight is 582 g/mol. The summed E-state index contributed by atoms with van der Waals surface area (Å²) >= 11 is 12.7. The molecule has 2 aromatic carbocycles. The number of rotatable bonds is 7. The Kier molecular flexibility index (Phi) is 7.69. The molecule has 0 aliphatic heterocycles. The van der Waals surface area contributed by atoms with E-state index in [0.717, 1.165) is 6.07 Å². The number of nitrogens with one attached hydrogen (secondary N) is 4. The molecule has 5 rings (SSSR count). The van der Waals surface area contributed by atoms with E-state index in [-0.39, 0.29) is 22.9 Å². The molecule has 11 heteroatoms. The highest BCUT2D eigenvalue weighted by atomic mass is 35.5. The number of fused-ring (bicyclic) bond motifs is 1. The van der Waals surface area contributed by atoms with Crippen LogP contribution < -0.4 is 16.2 Å². The molecule has 2 amide bonds. The number of carbonyl (C=O) groups is 1. The average Bonchev–Trinajstić information content (AvgIpc) is 3.33. The predicted molar refractivity (Wildman–Crippen MR) is 154 cm³/mol. The Morgan fingerprint density at radius 3 is 2.75 bits per heavy atom. The van der Waals surface area contributed by atoms with E-state index in [1.54, 1.807) is 37.3 Å². The second-order valence-corrected chi connectivity index (χ2v) is 10.5. The van der Waals surface area contributed by atoms with E-state index in [4.69, 9.17) is 28.2 Å². The molecular weight excluding hydrogens is 556 g/mol. The first-order chi connectivity index (χ1) is 19.2. The maximum absolute atomic E-state index is 14.4. The number of aromatic nitrogens is 3. The number of aromatic hydroxyl groups is 1. The van der Waals surface area contributed by atoms with Crippen molar-refractivity contribution in [3.8, 4) is 17.0 Å². The largest absolute Gasteiger partial charge is 0.507 e. The third-order valence-electron chi connectivity index (χ3n) is 7.03. The van der Waals surface area contributed by atoms with Gasteiger partial charge in [-0.1, -0.05) is 59.6 Å². The van der Waals surface area contributed by atoms with Crippen molar-refractivity contribution in [3.63, 3.8) is 0 Å². The zero-order valence-electron chi connectivity index (χ0n) is 21.4. The number of carbonyl (C=O) groups excluding carboxylic acids is 1. The number of aromatic amines is 2. The number of allylic oxidation sites excluding steroid dienone is 4. The fourth-order valence-corrected chi connectivity index (χ4v) is 5.27. The molecule has 0 radical (unpaired) electrons. The van der Waals surface area contributed by atoms with E-state index in [1.165, 1.54) is 0 Å². The molecule has 0 saturated heterocycles. The Morgan fingerprint density at radius 2 is 1.98 bits per heavy atom. The van der Waals surface area contributed by atoms with Gasteiger partial charge in [-0.05, 0) is 43.5 Å². The Hall–Kier alpha value is -4.08. The van der Waals surface area contributed by atoms with Gasteiger partial charge in [0.1, 0.15) is 28.2 Å². The number of benzene rings is 2. The van der Waals surface area contributed by atoms with Gasteiger partial charge in [-0.2, -0.15) is 0 Å². The normalized spacial score (nSPS) is 16.4. The predicted octanol–water partition coefficient (Wildman–Crippen LogP) is 6.02. The summed E-state index contributed by atoms with van der Waals surface area (Å²) < 4.78 is 14.4.